The van der Waals surface area contributed by atoms with Crippen molar-refractivity contribution >= 4 is 40.3 Å². The molecule has 0 unspecified atom stereocenters. The molecular formula is C15H16ClN3O4S. The zero-order chi connectivity index (χ0) is 17.9. The van der Waals surface area contributed by atoms with Crippen LogP contribution in [0.5, 0.6) is 0 Å². The van der Waals surface area contributed by atoms with Crippen molar-refractivity contribution in [1.29, 1.82) is 0 Å². The maximum absolute atomic E-state index is 11.6. The number of halogens is 1. The van der Waals surface area contributed by atoms with Crippen molar-refractivity contribution in [1.82, 2.24) is 4.98 Å². The topological polar surface area (TPSA) is 94.4 Å². The number of anilines is 1. The quantitative estimate of drug-likeness (QED) is 0.473. The molecule has 0 aliphatic carbocycles. The van der Waals surface area contributed by atoms with Gasteiger partial charge in [0, 0.05) is 23.9 Å². The monoisotopic (exact) mass is 369 g/mol. The smallest absolute Gasteiger partial charge is 0.339 e. The van der Waals surface area contributed by atoms with E-state index < -0.39 is 10.9 Å². The molecule has 128 valence electrons. The van der Waals surface area contributed by atoms with Gasteiger partial charge >= 0.3 is 5.97 Å². The van der Waals surface area contributed by atoms with Crippen LogP contribution >= 0.6 is 22.9 Å². The lowest BCUT2D eigenvalue weighted by atomic mass is 10.1. The molecule has 2 rings (SSSR count). The number of benzene rings is 1. The van der Waals surface area contributed by atoms with Crippen LogP contribution in [0.3, 0.4) is 0 Å². The Balaban J connectivity index is 2.20. The number of hydrogen-bond acceptors (Lipinski definition) is 7. The first-order valence-electron chi connectivity index (χ1n) is 7.06. The van der Waals surface area contributed by atoms with Gasteiger partial charge in [-0.2, -0.15) is 0 Å². The highest BCUT2D eigenvalue weighted by Crippen LogP contribution is 2.31. The number of carbonyl (C=O) groups excluding carboxylic acids is 1. The fourth-order valence-corrected chi connectivity index (χ4v) is 3.41. The zero-order valence-corrected chi connectivity index (χ0v) is 15.0. The lowest BCUT2D eigenvalue weighted by Gasteiger charge is -2.09. The molecule has 0 atom stereocenters. The van der Waals surface area contributed by atoms with Gasteiger partial charge in [-0.25, -0.2) is 9.78 Å². The number of methoxy groups -OCH3 is 1. The Labute approximate surface area is 147 Å². The summed E-state index contributed by atoms with van der Waals surface area (Å²) in [5, 5.41) is 15.3. The minimum Gasteiger partial charge on any atom is -0.465 e. The van der Waals surface area contributed by atoms with Crippen molar-refractivity contribution < 1.29 is 14.5 Å². The van der Waals surface area contributed by atoms with Gasteiger partial charge in [-0.05, 0) is 19.9 Å². The van der Waals surface area contributed by atoms with Crippen LogP contribution in [-0.4, -0.2) is 29.5 Å². The number of carbonyl (C=O) groups is 1. The lowest BCUT2D eigenvalue weighted by Crippen LogP contribution is -2.09. The van der Waals surface area contributed by atoms with Gasteiger partial charge in [-0.1, -0.05) is 11.6 Å². The molecule has 7 nitrogen and oxygen atoms in total. The molecule has 0 bridgehead atoms. The summed E-state index contributed by atoms with van der Waals surface area (Å²) in [6, 6.07) is 2.50. The van der Waals surface area contributed by atoms with Crippen LogP contribution in [0.15, 0.2) is 12.1 Å². The number of nitro groups is 1. The summed E-state index contributed by atoms with van der Waals surface area (Å²) in [7, 11) is 1.19. The number of aromatic nitrogens is 1. The largest absolute Gasteiger partial charge is 0.465 e. The van der Waals surface area contributed by atoms with E-state index in [1.807, 2.05) is 13.8 Å². The fraction of sp³-hybridized carbons (Fsp3) is 0.333. The second-order valence-electron chi connectivity index (χ2n) is 5.02. The first-order valence-corrected chi connectivity index (χ1v) is 8.26. The van der Waals surface area contributed by atoms with Crippen LogP contribution in [0, 0.1) is 24.0 Å². The van der Waals surface area contributed by atoms with E-state index in [9.17, 15) is 14.9 Å². The van der Waals surface area contributed by atoms with Crippen LogP contribution in [-0.2, 0) is 11.2 Å². The van der Waals surface area contributed by atoms with E-state index in [-0.39, 0.29) is 22.0 Å². The molecule has 0 aliphatic heterocycles. The molecular weight excluding hydrogens is 354 g/mol. The minimum absolute atomic E-state index is 0.0367. The van der Waals surface area contributed by atoms with Crippen molar-refractivity contribution in [3.63, 3.8) is 0 Å². The van der Waals surface area contributed by atoms with Crippen molar-refractivity contribution in [3.05, 3.63) is 48.4 Å². The third kappa shape index (κ3) is 4.01. The molecule has 1 aromatic carbocycles. The number of aryl methyl sites for hydroxylation is 2. The Morgan fingerprint density at radius 3 is 2.71 bits per heavy atom. The number of ether oxygens (including phenoxy) is 1. The second-order valence-corrected chi connectivity index (χ2v) is 6.71. The summed E-state index contributed by atoms with van der Waals surface area (Å²) in [6.45, 7) is 4.35. The molecule has 0 amide bonds. The number of thiazole rings is 1. The Hall–Kier alpha value is -2.19. The molecule has 1 heterocycles. The highest BCUT2D eigenvalue weighted by atomic mass is 35.5. The molecule has 0 saturated heterocycles. The highest BCUT2D eigenvalue weighted by molar-refractivity contribution is 7.11. The van der Waals surface area contributed by atoms with Crippen LogP contribution in [0.2, 0.25) is 5.02 Å². The summed E-state index contributed by atoms with van der Waals surface area (Å²) in [4.78, 5) is 27.8. The Morgan fingerprint density at radius 2 is 2.17 bits per heavy atom. The SMILES string of the molecule is COC(=O)c1cc([N+](=O)[O-])c(NCCc2sc(C)nc2C)cc1Cl. The summed E-state index contributed by atoms with van der Waals surface area (Å²) in [6.07, 6.45) is 0.685. The molecule has 0 radical (unpaired) electrons. The molecule has 24 heavy (non-hydrogen) atoms. The first-order chi connectivity index (χ1) is 11.3. The van der Waals surface area contributed by atoms with E-state index in [1.54, 1.807) is 11.3 Å². The summed E-state index contributed by atoms with van der Waals surface area (Å²) < 4.78 is 4.57. The predicted molar refractivity (Wildman–Crippen MR) is 93.2 cm³/mol. The minimum atomic E-state index is -0.717. The van der Waals surface area contributed by atoms with E-state index in [0.29, 0.717) is 13.0 Å². The molecule has 0 spiro atoms. The van der Waals surface area contributed by atoms with Gasteiger partial charge in [0.1, 0.15) is 5.69 Å². The standard InChI is InChI=1S/C15H16ClN3O4S/c1-8-14(24-9(2)18-8)4-5-17-12-7-11(16)10(15(20)23-3)6-13(12)19(21)22/h6-7,17H,4-5H2,1-3H3. The van der Waals surface area contributed by atoms with Gasteiger partial charge in [-0.3, -0.25) is 10.1 Å². The molecule has 2 aromatic rings. The summed E-state index contributed by atoms with van der Waals surface area (Å²) >= 11 is 7.63. The Bertz CT molecular complexity index is 791. The van der Waals surface area contributed by atoms with Gasteiger partial charge in [-0.15, -0.1) is 11.3 Å². The second kappa shape index (κ2) is 7.59. The lowest BCUT2D eigenvalue weighted by molar-refractivity contribution is -0.384. The van der Waals surface area contributed by atoms with Crippen molar-refractivity contribution in [3.8, 4) is 0 Å². The van der Waals surface area contributed by atoms with E-state index in [1.165, 1.54) is 13.2 Å². The maximum Gasteiger partial charge on any atom is 0.339 e. The van der Waals surface area contributed by atoms with E-state index >= 15 is 0 Å². The van der Waals surface area contributed by atoms with Crippen LogP contribution in [0.25, 0.3) is 0 Å². The van der Waals surface area contributed by atoms with Crippen molar-refractivity contribution in [2.45, 2.75) is 20.3 Å². The number of esters is 1. The fourth-order valence-electron chi connectivity index (χ4n) is 2.24. The number of rotatable bonds is 6. The van der Waals surface area contributed by atoms with Gasteiger partial charge in [0.05, 0.1) is 33.3 Å². The van der Waals surface area contributed by atoms with Gasteiger partial charge in [0.25, 0.3) is 5.69 Å². The molecule has 9 heteroatoms. The maximum atomic E-state index is 11.6. The van der Waals surface area contributed by atoms with E-state index in [4.69, 9.17) is 11.6 Å². The normalized spacial score (nSPS) is 10.5. The van der Waals surface area contributed by atoms with E-state index in [2.05, 4.69) is 15.0 Å². The third-order valence-corrected chi connectivity index (χ3v) is 4.80. The van der Waals surface area contributed by atoms with Gasteiger partial charge in [0.15, 0.2) is 0 Å². The van der Waals surface area contributed by atoms with Gasteiger partial charge in [0.2, 0.25) is 0 Å². The van der Waals surface area contributed by atoms with Gasteiger partial charge < -0.3 is 10.1 Å². The Kier molecular flexibility index (Phi) is 5.74. The van der Waals surface area contributed by atoms with E-state index in [0.717, 1.165) is 21.6 Å². The zero-order valence-electron chi connectivity index (χ0n) is 13.4. The first kappa shape index (κ1) is 18.2. The molecule has 0 fully saturated rings. The molecule has 0 saturated carbocycles. The molecule has 1 N–H and O–H groups in total. The third-order valence-electron chi connectivity index (χ3n) is 3.35. The summed E-state index contributed by atoms with van der Waals surface area (Å²) in [5.41, 5.74) is 0.965. The molecule has 0 aliphatic rings. The van der Waals surface area contributed by atoms with Crippen LogP contribution in [0.1, 0.15) is 25.9 Å². The Morgan fingerprint density at radius 1 is 1.46 bits per heavy atom. The predicted octanol–water partition coefficient (Wildman–Crippen LogP) is 3.76. The number of nitrogens with one attached hydrogen (secondary N) is 1. The highest BCUT2D eigenvalue weighted by Gasteiger charge is 2.21. The van der Waals surface area contributed by atoms with Crippen molar-refractivity contribution in [2.24, 2.45) is 0 Å². The average Bonchev–Trinajstić information content (AvgIpc) is 2.84. The number of nitrogens with zero attached hydrogens (tertiary/aromatic N) is 2. The van der Waals surface area contributed by atoms with Crippen molar-refractivity contribution in [2.75, 3.05) is 19.0 Å². The van der Waals surface area contributed by atoms with Crippen LogP contribution < -0.4 is 5.32 Å². The number of nitro benzene ring substituents is 1. The van der Waals surface area contributed by atoms with Crippen LogP contribution in [0.4, 0.5) is 11.4 Å². The summed E-state index contributed by atoms with van der Waals surface area (Å²) in [5.74, 6) is -0.717. The average molecular weight is 370 g/mol. The molecule has 1 aromatic heterocycles. The number of hydrogen-bond donors (Lipinski definition) is 1.